The molecule has 0 aliphatic rings. The van der Waals surface area contributed by atoms with Crippen LogP contribution in [0.25, 0.3) is 0 Å². The molecule has 0 rings (SSSR count). The topological polar surface area (TPSA) is 143 Å². The van der Waals surface area contributed by atoms with Crippen LogP contribution in [-0.4, -0.2) is 147 Å². The summed E-state index contributed by atoms with van der Waals surface area (Å²) in [6, 6.07) is 0. The van der Waals surface area contributed by atoms with Crippen molar-refractivity contribution >= 4 is 172 Å². The first kappa shape index (κ1) is 37.4. The first-order valence-electron chi connectivity index (χ1n) is 2.42. The van der Waals surface area contributed by atoms with Gasteiger partial charge >= 0.3 is 202 Å². The van der Waals surface area contributed by atoms with E-state index in [4.69, 9.17) is 31.6 Å². The summed E-state index contributed by atoms with van der Waals surface area (Å²) in [4.78, 5) is 0. The summed E-state index contributed by atoms with van der Waals surface area (Å²) >= 11 is 2.31. The van der Waals surface area contributed by atoms with Crippen molar-refractivity contribution in [3.05, 3.63) is 0 Å². The SMILES string of the molecule is N#CS.N#CS.N#[C][Pt]([C]#N)([C]#N)[C]#N.[BaH2].[BaH2].[BaH2]. The molecule has 18 heavy (non-hydrogen) atoms. The maximum atomic E-state index is 8.14. The van der Waals surface area contributed by atoms with E-state index < -0.39 is 16.1 Å². The summed E-state index contributed by atoms with van der Waals surface area (Å²) in [7, 11) is 0. The summed E-state index contributed by atoms with van der Waals surface area (Å²) in [6.07, 6.45) is 0. The van der Waals surface area contributed by atoms with Gasteiger partial charge in [-0.25, -0.2) is 0 Å². The number of hydrogen-bond donors (Lipinski definition) is 2. The Morgan fingerprint density at radius 2 is 0.667 bits per heavy atom. The van der Waals surface area contributed by atoms with Gasteiger partial charge in [0.05, 0.1) is 0 Å². The van der Waals surface area contributed by atoms with Crippen LogP contribution in [0.4, 0.5) is 0 Å². The fourth-order valence-electron chi connectivity index (χ4n) is 0.0949. The van der Waals surface area contributed by atoms with E-state index in [-0.39, 0.29) is 147 Å². The molecule has 0 amide bonds. The molecule has 12 heteroatoms. The molecule has 90 valence electrons. The van der Waals surface area contributed by atoms with Crippen molar-refractivity contribution in [2.45, 2.75) is 0 Å². The third kappa shape index (κ3) is 27.4. The second kappa shape index (κ2) is 32.1. The maximum absolute atomic E-state index is 8.14. The Hall–Kier alpha value is 3.04. The molecule has 0 aromatic carbocycles. The quantitative estimate of drug-likeness (QED) is 0.166. The Labute approximate surface area is 241 Å². The minimum absolute atomic E-state index is 0. The predicted octanol–water partition coefficient (Wildman–Crippen LogP) is -1.89. The van der Waals surface area contributed by atoms with Crippen LogP contribution in [-0.2, 0) is 16.1 Å². The van der Waals surface area contributed by atoms with Gasteiger partial charge in [0, 0.05) is 0 Å². The molecular weight excluding hydrogens is 827 g/mol. The summed E-state index contributed by atoms with van der Waals surface area (Å²) in [5, 5.41) is 49.8. The molecule has 0 aromatic rings. The van der Waals surface area contributed by atoms with Crippen LogP contribution >= 0.6 is 25.3 Å². The van der Waals surface area contributed by atoms with E-state index in [2.05, 4.69) is 25.3 Å². The number of thiol groups is 2. The van der Waals surface area contributed by atoms with Crippen LogP contribution in [0, 0.1) is 60.2 Å². The second-order valence-electron chi connectivity index (χ2n) is 0.957. The van der Waals surface area contributed by atoms with Gasteiger partial charge in [0.1, 0.15) is 10.8 Å². The Bertz CT molecular complexity index is 358. The Morgan fingerprint density at radius 3 is 0.667 bits per heavy atom. The van der Waals surface area contributed by atoms with Crippen molar-refractivity contribution in [3.63, 3.8) is 0 Å². The van der Waals surface area contributed by atoms with Gasteiger partial charge in [-0.15, -0.1) is 0 Å². The van der Waals surface area contributed by atoms with Crippen LogP contribution < -0.4 is 0 Å². The fourth-order valence-corrected chi connectivity index (χ4v) is 0.777. The van der Waals surface area contributed by atoms with Crippen molar-refractivity contribution in [3.8, 4) is 28.6 Å². The summed E-state index contributed by atoms with van der Waals surface area (Å²) < 4.78 is 5.85. The third-order valence-electron chi connectivity index (χ3n) is 0.424. The minimum atomic E-state index is -3.88. The number of nitrogens with zero attached hydrogens (tertiary/aromatic N) is 6. The molecule has 0 spiro atoms. The molecule has 0 heterocycles. The zero-order valence-electron chi connectivity index (χ0n) is 6.89. The molecule has 0 radical (unpaired) electrons. The third-order valence-corrected chi connectivity index (χ3v) is 3.47. The Kier molecular flexibility index (Phi) is 66.7. The average molecular weight is 835 g/mol. The van der Waals surface area contributed by atoms with Gasteiger partial charge in [-0.3, -0.25) is 0 Å². The summed E-state index contributed by atoms with van der Waals surface area (Å²) in [5.74, 6) is 0. The molecular formula is C6H8Ba3N6PtS2. The number of thiocyanates is 2. The van der Waals surface area contributed by atoms with Gasteiger partial charge in [-0.1, -0.05) is 25.3 Å². The summed E-state index contributed by atoms with van der Waals surface area (Å²) in [5.41, 5.74) is 0. The molecule has 0 aliphatic heterocycles. The normalized spacial score (nSPS) is 5.56. The molecule has 0 atom stereocenters. The second-order valence-corrected chi connectivity index (χ2v) is 6.80. The average Bonchev–Trinajstić information content (AvgIpc) is 2.24. The molecule has 0 fully saturated rings. The standard InChI is InChI=1S/2CHNS.4CN.3Ba.Pt.6H/c2*2-1-3;4*1-2;;;;;;;;;;/h2*3H;;;;;;;;;;;;;;. The van der Waals surface area contributed by atoms with Crippen LogP contribution in [0.1, 0.15) is 0 Å². The van der Waals surface area contributed by atoms with Crippen molar-refractivity contribution in [1.29, 1.82) is 31.6 Å². The molecule has 0 saturated heterocycles. The Balaban J connectivity index is -0.0000000347. The van der Waals surface area contributed by atoms with Gasteiger partial charge < -0.3 is 0 Å². The number of nitriles is 6. The molecule has 0 N–H and O–H groups in total. The summed E-state index contributed by atoms with van der Waals surface area (Å²) in [6.45, 7) is 0. The zero-order valence-corrected chi connectivity index (χ0v) is 11.0. The van der Waals surface area contributed by atoms with E-state index in [0.29, 0.717) is 0 Å². The van der Waals surface area contributed by atoms with Gasteiger partial charge in [0.25, 0.3) is 0 Å². The first-order valence-corrected chi connectivity index (χ1v) is 7.86. The number of hydrogen-bond acceptors (Lipinski definition) is 8. The zero-order chi connectivity index (χ0) is 12.7. The van der Waals surface area contributed by atoms with E-state index in [9.17, 15) is 0 Å². The van der Waals surface area contributed by atoms with Gasteiger partial charge in [-0.2, -0.15) is 10.5 Å². The Morgan fingerprint density at radius 1 is 0.556 bits per heavy atom. The molecule has 0 aliphatic carbocycles. The van der Waals surface area contributed by atoms with Crippen LogP contribution in [0.15, 0.2) is 0 Å². The van der Waals surface area contributed by atoms with Crippen LogP contribution in [0.5, 0.6) is 0 Å². The van der Waals surface area contributed by atoms with Crippen molar-refractivity contribution in [2.75, 3.05) is 0 Å². The van der Waals surface area contributed by atoms with Crippen molar-refractivity contribution < 1.29 is 16.1 Å². The van der Waals surface area contributed by atoms with Crippen molar-refractivity contribution in [1.82, 2.24) is 0 Å². The number of rotatable bonds is 0. The van der Waals surface area contributed by atoms with E-state index in [0.717, 1.165) is 0 Å². The monoisotopic (exact) mass is 837 g/mol. The predicted molar refractivity (Wildman–Crippen MR) is 77.3 cm³/mol. The molecule has 6 nitrogen and oxygen atoms in total. The van der Waals surface area contributed by atoms with E-state index >= 15 is 0 Å². The van der Waals surface area contributed by atoms with Gasteiger partial charge in [0.2, 0.25) is 0 Å². The molecule has 0 unspecified atom stereocenters. The fraction of sp³-hybridized carbons (Fsp3) is 0. The van der Waals surface area contributed by atoms with Crippen LogP contribution in [0.3, 0.4) is 0 Å². The van der Waals surface area contributed by atoms with Gasteiger partial charge in [0.15, 0.2) is 0 Å². The molecule has 0 bridgehead atoms. The van der Waals surface area contributed by atoms with E-state index in [1.165, 1.54) is 28.6 Å². The van der Waals surface area contributed by atoms with E-state index in [1.807, 2.05) is 0 Å². The van der Waals surface area contributed by atoms with Crippen molar-refractivity contribution in [2.24, 2.45) is 0 Å². The van der Waals surface area contributed by atoms with Gasteiger partial charge in [-0.05, 0) is 0 Å². The van der Waals surface area contributed by atoms with Crippen LogP contribution in [0.2, 0.25) is 0 Å². The molecule has 0 aromatic heterocycles. The first-order chi connectivity index (χ1) is 7.07. The van der Waals surface area contributed by atoms with E-state index in [1.54, 1.807) is 0 Å². The molecule has 0 saturated carbocycles.